The average molecular weight is 374 g/mol. The second kappa shape index (κ2) is 7.92. The molecule has 0 saturated carbocycles. The molecule has 1 unspecified atom stereocenters. The van der Waals surface area contributed by atoms with E-state index in [0.717, 1.165) is 27.2 Å². The maximum atomic E-state index is 6.06. The van der Waals surface area contributed by atoms with Crippen LogP contribution in [0.2, 0.25) is 5.02 Å². The minimum absolute atomic E-state index is 0.252. The summed E-state index contributed by atoms with van der Waals surface area (Å²) in [6.07, 6.45) is 0.857. The average Bonchev–Trinajstić information content (AvgIpc) is 2.44. The van der Waals surface area contributed by atoms with Gasteiger partial charge < -0.3 is 4.74 Å². The maximum Gasteiger partial charge on any atom is 0.120 e. The van der Waals surface area contributed by atoms with Gasteiger partial charge in [-0.2, -0.15) is 0 Å². The van der Waals surface area contributed by atoms with Crippen molar-refractivity contribution >= 4 is 39.1 Å². The van der Waals surface area contributed by atoms with Crippen molar-refractivity contribution in [3.05, 3.63) is 63.6 Å². The van der Waals surface area contributed by atoms with Crippen molar-refractivity contribution in [3.63, 3.8) is 0 Å². The van der Waals surface area contributed by atoms with Gasteiger partial charge in [0.1, 0.15) is 5.75 Å². The van der Waals surface area contributed by atoms with Crippen molar-refractivity contribution in [1.82, 2.24) is 0 Å². The first-order valence-corrected chi connectivity index (χ1v) is 8.09. The number of rotatable bonds is 6. The number of alkyl halides is 1. The van der Waals surface area contributed by atoms with E-state index in [1.165, 1.54) is 0 Å². The lowest BCUT2D eigenvalue weighted by atomic mass is 9.98. The molecule has 2 aromatic carbocycles. The second-order valence-electron chi connectivity index (χ2n) is 4.50. The molecular weight excluding hydrogens is 359 g/mol. The molecule has 0 N–H and O–H groups in total. The van der Waals surface area contributed by atoms with Gasteiger partial charge in [-0.15, -0.1) is 11.6 Å². The SMILES string of the molecule is ClCC(CCOc1cccc(Br)c1)c1cccc(Cl)c1. The van der Waals surface area contributed by atoms with Gasteiger partial charge in [-0.25, -0.2) is 0 Å². The van der Waals surface area contributed by atoms with Gasteiger partial charge in [-0.05, 0) is 42.3 Å². The number of benzene rings is 2. The zero-order valence-electron chi connectivity index (χ0n) is 10.9. The highest BCUT2D eigenvalue weighted by Crippen LogP contribution is 2.25. The molecule has 106 valence electrons. The van der Waals surface area contributed by atoms with Crippen LogP contribution in [-0.4, -0.2) is 12.5 Å². The van der Waals surface area contributed by atoms with Crippen molar-refractivity contribution < 1.29 is 4.74 Å². The highest BCUT2D eigenvalue weighted by Gasteiger charge is 2.11. The van der Waals surface area contributed by atoms with Crippen LogP contribution in [0.1, 0.15) is 17.9 Å². The van der Waals surface area contributed by atoms with Crippen molar-refractivity contribution in [3.8, 4) is 5.75 Å². The van der Waals surface area contributed by atoms with E-state index < -0.39 is 0 Å². The van der Waals surface area contributed by atoms with Crippen molar-refractivity contribution in [2.24, 2.45) is 0 Å². The van der Waals surface area contributed by atoms with Gasteiger partial charge in [0.2, 0.25) is 0 Å². The third-order valence-corrected chi connectivity index (χ3v) is 4.14. The Morgan fingerprint density at radius 3 is 2.60 bits per heavy atom. The zero-order chi connectivity index (χ0) is 14.4. The minimum Gasteiger partial charge on any atom is -0.494 e. The molecule has 0 fully saturated rings. The molecule has 0 bridgehead atoms. The highest BCUT2D eigenvalue weighted by molar-refractivity contribution is 9.10. The molecule has 2 aromatic rings. The summed E-state index contributed by atoms with van der Waals surface area (Å²) in [6, 6.07) is 15.7. The summed E-state index contributed by atoms with van der Waals surface area (Å²) >= 11 is 15.5. The molecule has 0 aromatic heterocycles. The Morgan fingerprint density at radius 2 is 1.90 bits per heavy atom. The first kappa shape index (κ1) is 15.7. The van der Waals surface area contributed by atoms with Gasteiger partial charge in [-0.1, -0.05) is 45.7 Å². The molecule has 0 spiro atoms. The molecule has 4 heteroatoms. The van der Waals surface area contributed by atoms with Crippen LogP contribution in [0, 0.1) is 0 Å². The van der Waals surface area contributed by atoms with Gasteiger partial charge in [0.25, 0.3) is 0 Å². The summed E-state index contributed by atoms with van der Waals surface area (Å²) in [5, 5.41) is 0.741. The van der Waals surface area contributed by atoms with Gasteiger partial charge >= 0.3 is 0 Å². The fourth-order valence-corrected chi connectivity index (χ4v) is 2.88. The van der Waals surface area contributed by atoms with E-state index in [4.69, 9.17) is 27.9 Å². The largest absolute Gasteiger partial charge is 0.494 e. The monoisotopic (exact) mass is 372 g/mol. The van der Waals surface area contributed by atoms with E-state index >= 15 is 0 Å². The molecule has 0 saturated heterocycles. The van der Waals surface area contributed by atoms with E-state index in [2.05, 4.69) is 22.0 Å². The van der Waals surface area contributed by atoms with Crippen LogP contribution in [0.5, 0.6) is 5.75 Å². The predicted molar refractivity (Wildman–Crippen MR) is 89.2 cm³/mol. The van der Waals surface area contributed by atoms with Crippen molar-refractivity contribution in [2.75, 3.05) is 12.5 Å². The van der Waals surface area contributed by atoms with Crippen LogP contribution in [0.3, 0.4) is 0 Å². The minimum atomic E-state index is 0.252. The van der Waals surface area contributed by atoms with Gasteiger partial charge in [0, 0.05) is 21.3 Å². The molecule has 1 atom stereocenters. The summed E-state index contributed by atoms with van der Waals surface area (Å²) in [6.45, 7) is 0.625. The third-order valence-electron chi connectivity index (χ3n) is 3.04. The standard InChI is InChI=1S/C16H15BrCl2O/c17-14-4-2-6-16(10-14)20-8-7-13(11-18)12-3-1-5-15(19)9-12/h1-6,9-10,13H,7-8,11H2. The number of halogens is 3. The number of ether oxygens (including phenoxy) is 1. The predicted octanol–water partition coefficient (Wildman–Crippen LogP) is 5.89. The molecule has 0 aliphatic carbocycles. The van der Waals surface area contributed by atoms with Crippen LogP contribution < -0.4 is 4.74 Å². The Balaban J connectivity index is 1.91. The van der Waals surface area contributed by atoms with E-state index in [1.54, 1.807) is 0 Å². The van der Waals surface area contributed by atoms with Crippen molar-refractivity contribution in [2.45, 2.75) is 12.3 Å². The van der Waals surface area contributed by atoms with Gasteiger partial charge in [0.15, 0.2) is 0 Å². The Morgan fingerprint density at radius 1 is 1.10 bits per heavy atom. The second-order valence-corrected chi connectivity index (χ2v) is 6.16. The molecular formula is C16H15BrCl2O. The maximum absolute atomic E-state index is 6.06. The zero-order valence-corrected chi connectivity index (χ0v) is 14.0. The normalized spacial score (nSPS) is 12.2. The molecule has 0 amide bonds. The molecule has 0 heterocycles. The van der Waals surface area contributed by atoms with Crippen molar-refractivity contribution in [1.29, 1.82) is 0 Å². The summed E-state index contributed by atoms with van der Waals surface area (Å²) in [7, 11) is 0. The third kappa shape index (κ3) is 4.69. The summed E-state index contributed by atoms with van der Waals surface area (Å²) in [4.78, 5) is 0. The summed E-state index contributed by atoms with van der Waals surface area (Å²) in [5.41, 5.74) is 1.16. The van der Waals surface area contributed by atoms with Gasteiger partial charge in [0.05, 0.1) is 6.61 Å². The van der Waals surface area contributed by atoms with E-state index in [0.29, 0.717) is 12.5 Å². The lowest BCUT2D eigenvalue weighted by molar-refractivity contribution is 0.301. The van der Waals surface area contributed by atoms with Crippen LogP contribution in [0.25, 0.3) is 0 Å². The van der Waals surface area contributed by atoms with Gasteiger partial charge in [-0.3, -0.25) is 0 Å². The lowest BCUT2D eigenvalue weighted by Gasteiger charge is -2.15. The first-order chi connectivity index (χ1) is 9.69. The fourth-order valence-electron chi connectivity index (χ4n) is 1.97. The Bertz CT molecular complexity index is 560. The van der Waals surface area contributed by atoms with E-state index in [-0.39, 0.29) is 5.92 Å². The number of hydrogen-bond acceptors (Lipinski definition) is 1. The van der Waals surface area contributed by atoms with Crippen LogP contribution in [0.15, 0.2) is 53.0 Å². The smallest absolute Gasteiger partial charge is 0.120 e. The Kier molecular flexibility index (Phi) is 6.21. The van der Waals surface area contributed by atoms with E-state index in [9.17, 15) is 0 Å². The molecule has 0 aliphatic heterocycles. The lowest BCUT2D eigenvalue weighted by Crippen LogP contribution is -2.07. The fraction of sp³-hybridized carbons (Fsp3) is 0.250. The quantitative estimate of drug-likeness (QED) is 0.573. The summed E-state index contributed by atoms with van der Waals surface area (Å²) < 4.78 is 6.76. The van der Waals surface area contributed by atoms with Crippen LogP contribution >= 0.6 is 39.1 Å². The first-order valence-electron chi connectivity index (χ1n) is 6.39. The summed E-state index contributed by atoms with van der Waals surface area (Å²) in [5.74, 6) is 1.67. The Labute approximate surface area is 138 Å². The molecule has 0 radical (unpaired) electrons. The molecule has 20 heavy (non-hydrogen) atoms. The molecule has 2 rings (SSSR count). The molecule has 1 nitrogen and oxygen atoms in total. The van der Waals surface area contributed by atoms with Crippen LogP contribution in [-0.2, 0) is 0 Å². The topological polar surface area (TPSA) is 9.23 Å². The molecule has 0 aliphatic rings. The van der Waals surface area contributed by atoms with Crippen LogP contribution in [0.4, 0.5) is 0 Å². The Hall–Kier alpha value is -0.700. The number of hydrogen-bond donors (Lipinski definition) is 0. The highest BCUT2D eigenvalue weighted by atomic mass is 79.9. The van der Waals surface area contributed by atoms with E-state index in [1.807, 2.05) is 42.5 Å².